The molecule has 0 spiro atoms. The van der Waals surface area contributed by atoms with Crippen molar-refractivity contribution in [3.8, 4) is 11.5 Å². The van der Waals surface area contributed by atoms with Gasteiger partial charge in [-0.2, -0.15) is 4.39 Å². The number of carbonyl (C=O) groups excluding carboxylic acids is 1. The number of pyridine rings is 1. The maximum atomic E-state index is 12.9. The van der Waals surface area contributed by atoms with Gasteiger partial charge in [-0.3, -0.25) is 4.79 Å². The van der Waals surface area contributed by atoms with E-state index < -0.39 is 11.9 Å². The topological polar surface area (TPSA) is 60.5 Å². The number of rotatable bonds is 3. The minimum absolute atomic E-state index is 0.162. The first kappa shape index (κ1) is 13.1. The highest BCUT2D eigenvalue weighted by molar-refractivity contribution is 6.01. The van der Waals surface area contributed by atoms with E-state index in [1.54, 1.807) is 24.3 Å². The summed E-state index contributed by atoms with van der Waals surface area (Å²) < 4.78 is 23.3. The van der Waals surface area contributed by atoms with Crippen LogP contribution in [-0.4, -0.2) is 17.7 Å². The standard InChI is InChI=1S/C15H11FN2O3/c16-13-2-1-3-14(17-13)18-15(19)7-5-10-4-6-11-12(8-10)21-9-20-11/h1-8H,9H2,(H,17,18,19)/b7-5+. The zero-order valence-electron chi connectivity index (χ0n) is 10.9. The maximum absolute atomic E-state index is 12.9. The first-order valence-corrected chi connectivity index (χ1v) is 6.22. The minimum atomic E-state index is -0.646. The number of nitrogens with zero attached hydrogens (tertiary/aromatic N) is 1. The van der Waals surface area contributed by atoms with Crippen molar-refractivity contribution in [3.63, 3.8) is 0 Å². The molecule has 0 bridgehead atoms. The van der Waals surface area contributed by atoms with Gasteiger partial charge in [0, 0.05) is 6.08 Å². The first-order chi connectivity index (χ1) is 10.2. The van der Waals surface area contributed by atoms with Gasteiger partial charge in [0.15, 0.2) is 11.5 Å². The van der Waals surface area contributed by atoms with Crippen LogP contribution in [0, 0.1) is 5.95 Å². The number of hydrogen-bond donors (Lipinski definition) is 1. The summed E-state index contributed by atoms with van der Waals surface area (Å²) >= 11 is 0. The SMILES string of the molecule is O=C(/C=C/c1ccc2c(c1)OCO2)Nc1cccc(F)n1. The predicted octanol–water partition coefficient (Wildman–Crippen LogP) is 2.60. The van der Waals surface area contributed by atoms with E-state index >= 15 is 0 Å². The van der Waals surface area contributed by atoms with E-state index in [9.17, 15) is 9.18 Å². The van der Waals surface area contributed by atoms with Crippen LogP contribution < -0.4 is 14.8 Å². The van der Waals surface area contributed by atoms with Gasteiger partial charge in [0.2, 0.25) is 18.6 Å². The monoisotopic (exact) mass is 286 g/mol. The van der Waals surface area contributed by atoms with Crippen molar-refractivity contribution in [3.05, 3.63) is 54.0 Å². The maximum Gasteiger partial charge on any atom is 0.249 e. The summed E-state index contributed by atoms with van der Waals surface area (Å²) in [7, 11) is 0. The molecule has 1 aliphatic rings. The normalized spacial score (nSPS) is 12.6. The Hall–Kier alpha value is -2.89. The van der Waals surface area contributed by atoms with Gasteiger partial charge in [-0.15, -0.1) is 0 Å². The fourth-order valence-corrected chi connectivity index (χ4v) is 1.83. The first-order valence-electron chi connectivity index (χ1n) is 6.22. The smallest absolute Gasteiger partial charge is 0.249 e. The molecule has 0 fully saturated rings. The number of ether oxygens (including phenoxy) is 2. The fraction of sp³-hybridized carbons (Fsp3) is 0.0667. The van der Waals surface area contributed by atoms with Gasteiger partial charge in [-0.25, -0.2) is 4.98 Å². The van der Waals surface area contributed by atoms with E-state index in [1.807, 2.05) is 0 Å². The van der Waals surface area contributed by atoms with Gasteiger partial charge in [-0.05, 0) is 35.9 Å². The van der Waals surface area contributed by atoms with Gasteiger partial charge in [0.1, 0.15) is 5.82 Å². The lowest BCUT2D eigenvalue weighted by atomic mass is 10.2. The number of aromatic nitrogens is 1. The summed E-state index contributed by atoms with van der Waals surface area (Å²) in [5, 5.41) is 2.47. The van der Waals surface area contributed by atoms with Crippen LogP contribution in [0.3, 0.4) is 0 Å². The van der Waals surface area contributed by atoms with E-state index in [0.29, 0.717) is 11.5 Å². The molecule has 1 aliphatic heterocycles. The second kappa shape index (κ2) is 5.62. The Kier molecular flexibility index (Phi) is 3.51. The number of anilines is 1. The number of halogens is 1. The van der Waals surface area contributed by atoms with Crippen molar-refractivity contribution >= 4 is 17.8 Å². The average Bonchev–Trinajstić information content (AvgIpc) is 2.92. The van der Waals surface area contributed by atoms with Gasteiger partial charge in [0.25, 0.3) is 0 Å². The third-order valence-corrected chi connectivity index (χ3v) is 2.79. The molecule has 1 N–H and O–H groups in total. The number of benzene rings is 1. The zero-order valence-corrected chi connectivity index (χ0v) is 10.9. The molecule has 0 unspecified atom stereocenters. The largest absolute Gasteiger partial charge is 0.454 e. The van der Waals surface area contributed by atoms with Crippen molar-refractivity contribution in [2.75, 3.05) is 12.1 Å². The van der Waals surface area contributed by atoms with E-state index in [1.165, 1.54) is 24.3 Å². The summed E-state index contributed by atoms with van der Waals surface area (Å²) in [6.07, 6.45) is 2.96. The molecule has 106 valence electrons. The van der Waals surface area contributed by atoms with Crippen molar-refractivity contribution in [1.82, 2.24) is 4.98 Å². The molecule has 21 heavy (non-hydrogen) atoms. The van der Waals surface area contributed by atoms with Crippen LogP contribution in [-0.2, 0) is 4.79 Å². The molecule has 3 rings (SSSR count). The summed E-state index contributed by atoms with van der Waals surface area (Å²) in [4.78, 5) is 15.3. The lowest BCUT2D eigenvalue weighted by Crippen LogP contribution is -2.09. The Morgan fingerprint density at radius 3 is 2.95 bits per heavy atom. The van der Waals surface area contributed by atoms with Gasteiger partial charge >= 0.3 is 0 Å². The molecule has 2 aromatic rings. The molecule has 1 aromatic carbocycles. The second-order valence-electron chi connectivity index (χ2n) is 4.28. The highest BCUT2D eigenvalue weighted by Gasteiger charge is 2.12. The van der Waals surface area contributed by atoms with Crippen LogP contribution in [0.25, 0.3) is 6.08 Å². The molecular weight excluding hydrogens is 275 g/mol. The Balaban J connectivity index is 1.67. The summed E-state index contributed by atoms with van der Waals surface area (Å²) in [5.41, 5.74) is 0.793. The van der Waals surface area contributed by atoms with E-state index in [0.717, 1.165) is 5.56 Å². The van der Waals surface area contributed by atoms with Gasteiger partial charge < -0.3 is 14.8 Å². The van der Waals surface area contributed by atoms with Crippen molar-refractivity contribution < 1.29 is 18.7 Å². The van der Waals surface area contributed by atoms with E-state index in [-0.39, 0.29) is 12.6 Å². The van der Waals surface area contributed by atoms with Crippen molar-refractivity contribution in [1.29, 1.82) is 0 Å². The van der Waals surface area contributed by atoms with Crippen LogP contribution in [0.5, 0.6) is 11.5 Å². The summed E-state index contributed by atoms with van der Waals surface area (Å²) in [6.45, 7) is 0.203. The number of fused-ring (bicyclic) bond motifs is 1. The Morgan fingerprint density at radius 2 is 2.10 bits per heavy atom. The molecule has 2 heterocycles. The second-order valence-corrected chi connectivity index (χ2v) is 4.28. The van der Waals surface area contributed by atoms with Crippen molar-refractivity contribution in [2.24, 2.45) is 0 Å². The third-order valence-electron chi connectivity index (χ3n) is 2.79. The van der Waals surface area contributed by atoms with Crippen LogP contribution in [0.1, 0.15) is 5.56 Å². The third kappa shape index (κ3) is 3.17. The number of carbonyl (C=O) groups is 1. The summed E-state index contributed by atoms with van der Waals surface area (Å²) in [6, 6.07) is 9.53. The predicted molar refractivity (Wildman–Crippen MR) is 74.4 cm³/mol. The van der Waals surface area contributed by atoms with Crippen LogP contribution in [0.4, 0.5) is 10.2 Å². The Bertz CT molecular complexity index is 716. The molecule has 0 aliphatic carbocycles. The molecule has 0 atom stereocenters. The number of amides is 1. The molecule has 0 saturated carbocycles. The summed E-state index contributed by atoms with van der Waals surface area (Å²) in [5.74, 6) is 0.443. The van der Waals surface area contributed by atoms with Crippen molar-refractivity contribution in [2.45, 2.75) is 0 Å². The molecular formula is C15H11FN2O3. The lowest BCUT2D eigenvalue weighted by molar-refractivity contribution is -0.111. The zero-order chi connectivity index (χ0) is 14.7. The molecule has 1 aromatic heterocycles. The van der Waals surface area contributed by atoms with Crippen LogP contribution in [0.2, 0.25) is 0 Å². The Morgan fingerprint density at radius 1 is 1.24 bits per heavy atom. The molecule has 0 saturated heterocycles. The number of hydrogen-bond acceptors (Lipinski definition) is 4. The van der Waals surface area contributed by atoms with Crippen LogP contribution >= 0.6 is 0 Å². The Labute approximate surface area is 120 Å². The highest BCUT2D eigenvalue weighted by atomic mass is 19.1. The van der Waals surface area contributed by atoms with Gasteiger partial charge in [-0.1, -0.05) is 12.1 Å². The number of nitrogens with one attached hydrogen (secondary N) is 1. The van der Waals surface area contributed by atoms with Crippen LogP contribution in [0.15, 0.2) is 42.5 Å². The van der Waals surface area contributed by atoms with Gasteiger partial charge in [0.05, 0.1) is 0 Å². The average molecular weight is 286 g/mol. The minimum Gasteiger partial charge on any atom is -0.454 e. The lowest BCUT2D eigenvalue weighted by Gasteiger charge is -2.01. The quantitative estimate of drug-likeness (QED) is 0.696. The highest BCUT2D eigenvalue weighted by Crippen LogP contribution is 2.32. The molecule has 5 nitrogen and oxygen atoms in total. The van der Waals surface area contributed by atoms with E-state index in [2.05, 4.69) is 10.3 Å². The van der Waals surface area contributed by atoms with E-state index in [4.69, 9.17) is 9.47 Å². The molecule has 6 heteroatoms. The molecule has 0 radical (unpaired) electrons. The fourth-order valence-electron chi connectivity index (χ4n) is 1.83. The molecule has 1 amide bonds.